The van der Waals surface area contributed by atoms with Crippen molar-refractivity contribution in [1.29, 1.82) is 0 Å². The van der Waals surface area contributed by atoms with Crippen molar-refractivity contribution in [1.82, 2.24) is 5.32 Å². The number of nitrogens with zero attached hydrogens (tertiary/aromatic N) is 1. The van der Waals surface area contributed by atoms with Crippen LogP contribution in [0.1, 0.15) is 11.1 Å². The van der Waals surface area contributed by atoms with Gasteiger partial charge in [0.2, 0.25) is 0 Å². The monoisotopic (exact) mass is 274 g/mol. The SMILES string of the molecule is CNCc1ccc(Cl)cc1N(C)c1cccc(C)c1. The highest BCUT2D eigenvalue weighted by Crippen LogP contribution is 2.30. The molecule has 2 nitrogen and oxygen atoms in total. The van der Waals surface area contributed by atoms with E-state index in [1.807, 2.05) is 19.2 Å². The molecule has 1 N–H and O–H groups in total. The fraction of sp³-hybridized carbons (Fsp3) is 0.250. The molecule has 0 aliphatic rings. The molecule has 100 valence electrons. The summed E-state index contributed by atoms with van der Waals surface area (Å²) < 4.78 is 0. The molecular weight excluding hydrogens is 256 g/mol. The molecule has 2 rings (SSSR count). The van der Waals surface area contributed by atoms with Crippen LogP contribution >= 0.6 is 11.6 Å². The van der Waals surface area contributed by atoms with Gasteiger partial charge in [0.15, 0.2) is 0 Å². The molecule has 3 heteroatoms. The zero-order valence-corrected chi connectivity index (χ0v) is 12.3. The minimum atomic E-state index is 0.759. The van der Waals surface area contributed by atoms with Gasteiger partial charge in [-0.05, 0) is 49.4 Å². The summed E-state index contributed by atoms with van der Waals surface area (Å²) in [7, 11) is 4.02. The van der Waals surface area contributed by atoms with Gasteiger partial charge in [0.25, 0.3) is 0 Å². The summed E-state index contributed by atoms with van der Waals surface area (Å²) in [4.78, 5) is 2.17. The van der Waals surface area contributed by atoms with Gasteiger partial charge in [0.1, 0.15) is 0 Å². The van der Waals surface area contributed by atoms with Gasteiger partial charge in [0.05, 0.1) is 0 Å². The molecule has 0 spiro atoms. The first kappa shape index (κ1) is 13.9. The van der Waals surface area contributed by atoms with Gasteiger partial charge < -0.3 is 10.2 Å². The van der Waals surface area contributed by atoms with Gasteiger partial charge in [-0.1, -0.05) is 29.8 Å². The second-order valence-electron chi connectivity index (χ2n) is 4.70. The first-order chi connectivity index (χ1) is 9.11. The van der Waals surface area contributed by atoms with E-state index in [1.54, 1.807) is 0 Å². The Bertz CT molecular complexity index is 566. The smallest absolute Gasteiger partial charge is 0.0468 e. The van der Waals surface area contributed by atoms with Crippen LogP contribution in [-0.4, -0.2) is 14.1 Å². The van der Waals surface area contributed by atoms with Crippen LogP contribution in [0.15, 0.2) is 42.5 Å². The second kappa shape index (κ2) is 6.09. The molecule has 0 bridgehead atoms. The summed E-state index contributed by atoms with van der Waals surface area (Å²) in [5, 5.41) is 3.95. The van der Waals surface area contributed by atoms with Crippen LogP contribution in [0.25, 0.3) is 0 Å². The van der Waals surface area contributed by atoms with Crippen molar-refractivity contribution in [2.24, 2.45) is 0 Å². The Morgan fingerprint density at radius 1 is 1.16 bits per heavy atom. The van der Waals surface area contributed by atoms with Gasteiger partial charge in [-0.15, -0.1) is 0 Å². The van der Waals surface area contributed by atoms with Crippen molar-refractivity contribution in [3.05, 3.63) is 58.6 Å². The maximum Gasteiger partial charge on any atom is 0.0468 e. The number of anilines is 2. The van der Waals surface area contributed by atoms with Crippen LogP contribution in [0.4, 0.5) is 11.4 Å². The lowest BCUT2D eigenvalue weighted by Gasteiger charge is -2.23. The lowest BCUT2D eigenvalue weighted by molar-refractivity contribution is 0.816. The van der Waals surface area contributed by atoms with Crippen LogP contribution in [0, 0.1) is 6.92 Å². The highest BCUT2D eigenvalue weighted by molar-refractivity contribution is 6.30. The summed E-state index contributed by atoms with van der Waals surface area (Å²) >= 11 is 6.13. The van der Waals surface area contributed by atoms with Crippen molar-refractivity contribution in [2.75, 3.05) is 19.0 Å². The Kier molecular flexibility index (Phi) is 4.46. The molecule has 19 heavy (non-hydrogen) atoms. The third-order valence-electron chi connectivity index (χ3n) is 3.16. The van der Waals surface area contributed by atoms with Crippen molar-refractivity contribution >= 4 is 23.0 Å². The van der Waals surface area contributed by atoms with Crippen LogP contribution in [0.2, 0.25) is 5.02 Å². The Hall–Kier alpha value is -1.51. The van der Waals surface area contributed by atoms with E-state index in [0.717, 1.165) is 17.3 Å². The summed E-state index contributed by atoms with van der Waals surface area (Å²) in [5.41, 5.74) is 4.78. The van der Waals surface area contributed by atoms with E-state index in [4.69, 9.17) is 11.6 Å². The van der Waals surface area contributed by atoms with Gasteiger partial charge in [0, 0.05) is 30.0 Å². The van der Waals surface area contributed by atoms with E-state index >= 15 is 0 Å². The van der Waals surface area contributed by atoms with Crippen molar-refractivity contribution in [3.63, 3.8) is 0 Å². The predicted octanol–water partition coefficient (Wildman–Crippen LogP) is 4.14. The Morgan fingerprint density at radius 2 is 1.95 bits per heavy atom. The molecular formula is C16H19ClN2. The predicted molar refractivity (Wildman–Crippen MR) is 83.5 cm³/mol. The Morgan fingerprint density at radius 3 is 2.63 bits per heavy atom. The number of hydrogen-bond donors (Lipinski definition) is 1. The van der Waals surface area contributed by atoms with Crippen LogP contribution < -0.4 is 10.2 Å². The number of rotatable bonds is 4. The van der Waals surface area contributed by atoms with Crippen molar-refractivity contribution < 1.29 is 0 Å². The maximum atomic E-state index is 6.13. The van der Waals surface area contributed by atoms with Crippen molar-refractivity contribution in [3.8, 4) is 0 Å². The quantitative estimate of drug-likeness (QED) is 0.902. The fourth-order valence-corrected chi connectivity index (χ4v) is 2.33. The number of nitrogens with one attached hydrogen (secondary N) is 1. The van der Waals surface area contributed by atoms with E-state index < -0.39 is 0 Å². The molecule has 0 unspecified atom stereocenters. The maximum absolute atomic E-state index is 6.13. The normalized spacial score (nSPS) is 10.5. The Labute approximate surface area is 120 Å². The molecule has 0 saturated carbocycles. The number of aryl methyl sites for hydroxylation is 1. The summed E-state index contributed by atoms with van der Waals surface area (Å²) in [6.07, 6.45) is 0. The van der Waals surface area contributed by atoms with Gasteiger partial charge in [-0.25, -0.2) is 0 Å². The molecule has 0 aliphatic carbocycles. The van der Waals surface area contributed by atoms with E-state index in [1.165, 1.54) is 16.8 Å². The zero-order chi connectivity index (χ0) is 13.8. The average molecular weight is 275 g/mol. The zero-order valence-electron chi connectivity index (χ0n) is 11.6. The third kappa shape index (κ3) is 3.28. The van der Waals surface area contributed by atoms with Crippen LogP contribution in [-0.2, 0) is 6.54 Å². The molecule has 0 saturated heterocycles. The largest absolute Gasteiger partial charge is 0.344 e. The van der Waals surface area contributed by atoms with Crippen LogP contribution in [0.3, 0.4) is 0 Å². The molecule has 2 aromatic carbocycles. The first-order valence-corrected chi connectivity index (χ1v) is 6.73. The standard InChI is InChI=1S/C16H19ClN2/c1-12-5-4-6-15(9-12)19(3)16-10-14(17)8-7-13(16)11-18-2/h4-10,18H,11H2,1-3H3. The van der Waals surface area contributed by atoms with E-state index in [9.17, 15) is 0 Å². The molecule has 0 aromatic heterocycles. The number of halogens is 1. The van der Waals surface area contributed by atoms with Gasteiger partial charge in [-0.2, -0.15) is 0 Å². The van der Waals surface area contributed by atoms with E-state index in [-0.39, 0.29) is 0 Å². The Balaban J connectivity index is 2.42. The second-order valence-corrected chi connectivity index (χ2v) is 5.14. The molecule has 0 radical (unpaired) electrons. The summed E-state index contributed by atoms with van der Waals surface area (Å²) in [6, 6.07) is 14.5. The highest BCUT2D eigenvalue weighted by Gasteiger charge is 2.09. The van der Waals surface area contributed by atoms with Crippen LogP contribution in [0.5, 0.6) is 0 Å². The van der Waals surface area contributed by atoms with Crippen molar-refractivity contribution in [2.45, 2.75) is 13.5 Å². The van der Waals surface area contributed by atoms with E-state index in [2.05, 4.69) is 54.5 Å². The number of benzene rings is 2. The number of hydrogen-bond acceptors (Lipinski definition) is 2. The summed E-state index contributed by atoms with van der Waals surface area (Å²) in [5.74, 6) is 0. The van der Waals surface area contributed by atoms with E-state index in [0.29, 0.717) is 0 Å². The lowest BCUT2D eigenvalue weighted by atomic mass is 10.1. The molecule has 0 fully saturated rings. The minimum Gasteiger partial charge on any atom is -0.344 e. The highest BCUT2D eigenvalue weighted by atomic mass is 35.5. The molecule has 0 atom stereocenters. The molecule has 2 aromatic rings. The topological polar surface area (TPSA) is 15.3 Å². The fourth-order valence-electron chi connectivity index (χ4n) is 2.16. The first-order valence-electron chi connectivity index (χ1n) is 6.35. The minimum absolute atomic E-state index is 0.759. The molecule has 0 amide bonds. The lowest BCUT2D eigenvalue weighted by Crippen LogP contribution is -2.15. The average Bonchev–Trinajstić information content (AvgIpc) is 2.40. The van der Waals surface area contributed by atoms with Gasteiger partial charge >= 0.3 is 0 Å². The molecule has 0 aliphatic heterocycles. The summed E-state index contributed by atoms with van der Waals surface area (Å²) in [6.45, 7) is 2.92. The molecule has 0 heterocycles. The van der Waals surface area contributed by atoms with Gasteiger partial charge in [-0.3, -0.25) is 0 Å². The third-order valence-corrected chi connectivity index (χ3v) is 3.40.